The van der Waals surface area contributed by atoms with Crippen molar-refractivity contribution in [2.75, 3.05) is 31.6 Å². The van der Waals surface area contributed by atoms with E-state index in [1.54, 1.807) is 24.4 Å². The van der Waals surface area contributed by atoms with Crippen LogP contribution in [-0.4, -0.2) is 49.9 Å². The van der Waals surface area contributed by atoms with E-state index in [9.17, 15) is 13.2 Å². The first-order valence-electron chi connectivity index (χ1n) is 10.2. The Kier molecular flexibility index (Phi) is 6.75. The number of sulfonamides is 1. The van der Waals surface area contributed by atoms with Crippen molar-refractivity contribution in [1.29, 1.82) is 0 Å². The van der Waals surface area contributed by atoms with Gasteiger partial charge < -0.3 is 10.1 Å². The van der Waals surface area contributed by atoms with Crippen molar-refractivity contribution in [1.82, 2.24) is 9.29 Å². The molecule has 0 bridgehead atoms. The summed E-state index contributed by atoms with van der Waals surface area (Å²) in [7, 11) is -3.67. The van der Waals surface area contributed by atoms with Crippen LogP contribution in [0.4, 0.5) is 5.69 Å². The molecule has 3 aromatic rings. The van der Waals surface area contributed by atoms with Crippen LogP contribution in [-0.2, 0) is 14.8 Å². The van der Waals surface area contributed by atoms with E-state index in [0.29, 0.717) is 32.0 Å². The summed E-state index contributed by atoms with van der Waals surface area (Å²) >= 11 is 0. The average Bonchev–Trinajstić information content (AvgIpc) is 2.84. The normalized spacial score (nSPS) is 15.0. The molecule has 4 rings (SSSR count). The van der Waals surface area contributed by atoms with Gasteiger partial charge in [-0.3, -0.25) is 9.78 Å². The van der Waals surface area contributed by atoms with E-state index in [1.807, 2.05) is 48.6 Å². The summed E-state index contributed by atoms with van der Waals surface area (Å²) in [4.78, 5) is 17.1. The van der Waals surface area contributed by atoms with Gasteiger partial charge in [0.05, 0.1) is 23.8 Å². The van der Waals surface area contributed by atoms with E-state index in [-0.39, 0.29) is 16.4 Å². The second kappa shape index (κ2) is 9.86. The van der Waals surface area contributed by atoms with Crippen molar-refractivity contribution >= 4 is 33.8 Å². The van der Waals surface area contributed by atoms with Gasteiger partial charge in [0.25, 0.3) is 5.91 Å². The van der Waals surface area contributed by atoms with E-state index >= 15 is 0 Å². The average molecular weight is 450 g/mol. The molecule has 0 unspecified atom stereocenters. The summed E-state index contributed by atoms with van der Waals surface area (Å²) in [5.74, 6) is -0.380. The third-order valence-electron chi connectivity index (χ3n) is 4.98. The number of pyridine rings is 1. The van der Waals surface area contributed by atoms with Crippen LogP contribution in [0.3, 0.4) is 0 Å². The molecule has 1 saturated heterocycles. The van der Waals surface area contributed by atoms with Crippen LogP contribution in [0.5, 0.6) is 0 Å². The van der Waals surface area contributed by atoms with Crippen molar-refractivity contribution in [3.8, 4) is 0 Å². The number of amides is 1. The number of anilines is 1. The van der Waals surface area contributed by atoms with Crippen molar-refractivity contribution < 1.29 is 17.9 Å². The van der Waals surface area contributed by atoms with Gasteiger partial charge in [0, 0.05) is 30.5 Å². The lowest BCUT2D eigenvalue weighted by Gasteiger charge is -2.26. The summed E-state index contributed by atoms with van der Waals surface area (Å²) in [6.45, 7) is 1.34. The second-order valence-electron chi connectivity index (χ2n) is 7.21. The summed E-state index contributed by atoms with van der Waals surface area (Å²) < 4.78 is 32.4. The number of ether oxygens (including phenoxy) is 1. The maximum absolute atomic E-state index is 12.9. The lowest BCUT2D eigenvalue weighted by atomic mass is 10.1. The summed E-state index contributed by atoms with van der Waals surface area (Å²) in [6, 6.07) is 19.1. The lowest BCUT2D eigenvalue weighted by Crippen LogP contribution is -2.40. The molecule has 1 amide bonds. The van der Waals surface area contributed by atoms with Crippen LogP contribution in [0.25, 0.3) is 12.2 Å². The standard InChI is InChI=1S/C24H23N3O4S/c28-24(20-6-4-9-23(18-20)32(29,30)27-13-15-31-16-14-27)26-22-8-3-5-19(17-22)10-11-21-7-1-2-12-25-21/h1-12,17-18H,13-16H2,(H,26,28). The van der Waals surface area contributed by atoms with E-state index in [2.05, 4.69) is 10.3 Å². The number of benzene rings is 2. The Bertz CT molecular complexity index is 1220. The highest BCUT2D eigenvalue weighted by molar-refractivity contribution is 7.89. The largest absolute Gasteiger partial charge is 0.379 e. The third-order valence-corrected chi connectivity index (χ3v) is 6.88. The fraction of sp³-hybridized carbons (Fsp3) is 0.167. The highest BCUT2D eigenvalue weighted by atomic mass is 32.2. The van der Waals surface area contributed by atoms with Crippen LogP contribution < -0.4 is 5.32 Å². The zero-order valence-electron chi connectivity index (χ0n) is 17.3. The number of nitrogens with zero attached hydrogens (tertiary/aromatic N) is 2. The molecular weight excluding hydrogens is 426 g/mol. The quantitative estimate of drug-likeness (QED) is 0.622. The SMILES string of the molecule is O=C(Nc1cccc(C=Cc2ccccn2)c1)c1cccc(S(=O)(=O)N2CCOCC2)c1. The number of rotatable bonds is 6. The molecule has 1 aliphatic heterocycles. The Hall–Kier alpha value is -3.33. The predicted molar refractivity (Wildman–Crippen MR) is 124 cm³/mol. The van der Waals surface area contributed by atoms with Crippen LogP contribution in [0, 0.1) is 0 Å². The van der Waals surface area contributed by atoms with Gasteiger partial charge in [-0.1, -0.05) is 30.3 Å². The first-order chi connectivity index (χ1) is 15.5. The molecule has 32 heavy (non-hydrogen) atoms. The molecule has 0 aliphatic carbocycles. The fourth-order valence-corrected chi connectivity index (χ4v) is 4.77. The van der Waals surface area contributed by atoms with Gasteiger partial charge in [-0.2, -0.15) is 4.31 Å². The van der Waals surface area contributed by atoms with E-state index in [1.165, 1.54) is 16.4 Å². The van der Waals surface area contributed by atoms with Crippen LogP contribution in [0.2, 0.25) is 0 Å². The number of aromatic nitrogens is 1. The Morgan fingerprint density at radius 3 is 2.56 bits per heavy atom. The zero-order chi connectivity index (χ0) is 22.4. The molecule has 2 heterocycles. The number of carbonyl (C=O) groups is 1. The molecular formula is C24H23N3O4S. The molecule has 1 aliphatic rings. The van der Waals surface area contributed by atoms with Gasteiger partial charge >= 0.3 is 0 Å². The Morgan fingerprint density at radius 2 is 1.78 bits per heavy atom. The summed E-state index contributed by atoms with van der Waals surface area (Å²) in [6.07, 6.45) is 5.53. The zero-order valence-corrected chi connectivity index (χ0v) is 18.2. The molecule has 1 aromatic heterocycles. The topological polar surface area (TPSA) is 88.6 Å². The van der Waals surface area contributed by atoms with Gasteiger partial charge in [0.2, 0.25) is 10.0 Å². The summed E-state index contributed by atoms with van der Waals surface area (Å²) in [5, 5.41) is 2.84. The molecule has 164 valence electrons. The first-order valence-corrected chi connectivity index (χ1v) is 11.6. The predicted octanol–water partition coefficient (Wildman–Crippen LogP) is 3.53. The van der Waals surface area contributed by atoms with Crippen LogP contribution >= 0.6 is 0 Å². The first kappa shape index (κ1) is 21.9. The number of nitrogens with one attached hydrogen (secondary N) is 1. The monoisotopic (exact) mass is 449 g/mol. The van der Waals surface area contributed by atoms with Crippen molar-refractivity contribution in [2.24, 2.45) is 0 Å². The molecule has 0 atom stereocenters. The van der Waals surface area contributed by atoms with E-state index in [4.69, 9.17) is 4.74 Å². The molecule has 1 fully saturated rings. The Labute approximate surface area is 187 Å². The van der Waals surface area contributed by atoms with Crippen molar-refractivity contribution in [2.45, 2.75) is 4.90 Å². The highest BCUT2D eigenvalue weighted by Crippen LogP contribution is 2.20. The molecule has 1 N–H and O–H groups in total. The maximum atomic E-state index is 12.9. The fourth-order valence-electron chi connectivity index (χ4n) is 3.31. The minimum atomic E-state index is -3.67. The number of hydrogen-bond acceptors (Lipinski definition) is 5. The lowest BCUT2D eigenvalue weighted by molar-refractivity contribution is 0.0730. The highest BCUT2D eigenvalue weighted by Gasteiger charge is 2.26. The number of hydrogen-bond donors (Lipinski definition) is 1. The molecule has 8 heteroatoms. The molecule has 0 spiro atoms. The van der Waals surface area contributed by atoms with Gasteiger partial charge in [0.1, 0.15) is 0 Å². The van der Waals surface area contributed by atoms with Gasteiger partial charge in [0.15, 0.2) is 0 Å². The third kappa shape index (κ3) is 5.28. The maximum Gasteiger partial charge on any atom is 0.255 e. The van der Waals surface area contributed by atoms with Gasteiger partial charge in [-0.15, -0.1) is 0 Å². The van der Waals surface area contributed by atoms with Crippen LogP contribution in [0.1, 0.15) is 21.6 Å². The molecule has 7 nitrogen and oxygen atoms in total. The van der Waals surface area contributed by atoms with Gasteiger partial charge in [-0.25, -0.2) is 8.42 Å². The molecule has 0 saturated carbocycles. The minimum Gasteiger partial charge on any atom is -0.379 e. The Balaban J connectivity index is 1.49. The van der Waals surface area contributed by atoms with E-state index < -0.39 is 10.0 Å². The number of morpholine rings is 1. The minimum absolute atomic E-state index is 0.0964. The molecule has 0 radical (unpaired) electrons. The summed E-state index contributed by atoms with van der Waals surface area (Å²) in [5.41, 5.74) is 2.62. The number of carbonyl (C=O) groups excluding carboxylic acids is 1. The smallest absolute Gasteiger partial charge is 0.255 e. The molecule has 2 aromatic carbocycles. The van der Waals surface area contributed by atoms with Gasteiger partial charge in [-0.05, 0) is 54.1 Å². The van der Waals surface area contributed by atoms with Crippen LogP contribution in [0.15, 0.2) is 77.8 Å². The van der Waals surface area contributed by atoms with Crippen molar-refractivity contribution in [3.63, 3.8) is 0 Å². The Morgan fingerprint density at radius 1 is 0.969 bits per heavy atom. The van der Waals surface area contributed by atoms with Crippen molar-refractivity contribution in [3.05, 3.63) is 89.7 Å². The van der Waals surface area contributed by atoms with E-state index in [0.717, 1.165) is 11.3 Å². The second-order valence-corrected chi connectivity index (χ2v) is 9.15.